The van der Waals surface area contributed by atoms with E-state index in [1.54, 1.807) is 24.3 Å². The van der Waals surface area contributed by atoms with Gasteiger partial charge in [-0.25, -0.2) is 8.78 Å². The number of nitrogens with one attached hydrogen (secondary N) is 2. The maximum Gasteiger partial charge on any atom is 0.416 e. The van der Waals surface area contributed by atoms with Gasteiger partial charge in [-0.1, -0.05) is 30.3 Å². The van der Waals surface area contributed by atoms with Crippen molar-refractivity contribution < 1.29 is 26.7 Å². The molecule has 2 aromatic heterocycles. The lowest BCUT2D eigenvalue weighted by Gasteiger charge is -2.08. The van der Waals surface area contributed by atoms with Crippen LogP contribution in [0.25, 0.3) is 21.8 Å². The molecule has 2 N–H and O–H groups in total. The lowest BCUT2D eigenvalue weighted by atomic mass is 10.1. The number of aromatic nitrogens is 3. The van der Waals surface area contributed by atoms with E-state index >= 15 is 0 Å². The highest BCUT2D eigenvalue weighted by Gasteiger charge is 2.30. The molecule has 1 amide bonds. The minimum atomic E-state index is -4.43. The zero-order valence-electron chi connectivity index (χ0n) is 17.3. The third kappa shape index (κ3) is 3.87. The first-order valence-electron chi connectivity index (χ1n) is 10.1. The molecule has 2 heterocycles. The van der Waals surface area contributed by atoms with E-state index in [1.807, 2.05) is 0 Å². The molecule has 0 unspecified atom stereocenters. The topological polar surface area (TPSA) is 62.7 Å². The average Bonchev–Trinajstić information content (AvgIpc) is 3.35. The van der Waals surface area contributed by atoms with Crippen LogP contribution in [0.5, 0.6) is 0 Å². The molecule has 3 aromatic carbocycles. The standard InChI is InChI=1S/C24H15F5N4O/c25-17-9-16-19(10-18(17)26)30-11-20(16)31-23(34)22-15-3-1-2-4-21(15)33(32-22)12-13-5-7-14(8-6-13)24(27,28)29/h1-11,30H,12H2,(H,31,34). The second kappa shape index (κ2) is 7.98. The van der Waals surface area contributed by atoms with Crippen molar-refractivity contribution in [2.45, 2.75) is 12.7 Å². The van der Waals surface area contributed by atoms with Gasteiger partial charge in [0, 0.05) is 23.0 Å². The third-order valence-corrected chi connectivity index (χ3v) is 5.46. The fraction of sp³-hybridized carbons (Fsp3) is 0.0833. The van der Waals surface area contributed by atoms with Crippen LogP contribution in [0.3, 0.4) is 0 Å². The Morgan fingerprint density at radius 2 is 1.68 bits per heavy atom. The van der Waals surface area contributed by atoms with Gasteiger partial charge in [-0.2, -0.15) is 18.3 Å². The number of anilines is 1. The van der Waals surface area contributed by atoms with Crippen molar-refractivity contribution >= 4 is 33.4 Å². The summed E-state index contributed by atoms with van der Waals surface area (Å²) in [7, 11) is 0. The van der Waals surface area contributed by atoms with E-state index in [-0.39, 0.29) is 17.9 Å². The molecular weight excluding hydrogens is 455 g/mol. The summed E-state index contributed by atoms with van der Waals surface area (Å²) in [5.74, 6) is -2.64. The molecule has 0 aliphatic carbocycles. The van der Waals surface area contributed by atoms with Crippen LogP contribution in [0.15, 0.2) is 66.9 Å². The summed E-state index contributed by atoms with van der Waals surface area (Å²) >= 11 is 0. The normalized spacial score (nSPS) is 11.9. The number of halogens is 5. The molecule has 0 radical (unpaired) electrons. The first-order valence-corrected chi connectivity index (χ1v) is 10.1. The van der Waals surface area contributed by atoms with Gasteiger partial charge in [0.1, 0.15) is 0 Å². The lowest BCUT2D eigenvalue weighted by molar-refractivity contribution is -0.137. The molecule has 34 heavy (non-hydrogen) atoms. The Hall–Kier alpha value is -4.21. The number of carbonyl (C=O) groups excluding carboxylic acids is 1. The van der Waals surface area contributed by atoms with Gasteiger partial charge in [0.2, 0.25) is 0 Å². The summed E-state index contributed by atoms with van der Waals surface area (Å²) in [5, 5.41) is 7.87. The summed E-state index contributed by atoms with van der Waals surface area (Å²) in [6.45, 7) is 0.142. The van der Waals surface area contributed by atoms with Crippen LogP contribution in [0, 0.1) is 11.6 Å². The smallest absolute Gasteiger partial charge is 0.359 e. The molecule has 0 bridgehead atoms. The Balaban J connectivity index is 1.47. The van der Waals surface area contributed by atoms with Crippen LogP contribution in [-0.4, -0.2) is 20.7 Å². The number of carbonyl (C=O) groups is 1. The number of para-hydroxylation sites is 1. The molecule has 0 aliphatic rings. The van der Waals surface area contributed by atoms with Crippen LogP contribution in [0.4, 0.5) is 27.6 Å². The SMILES string of the molecule is O=C(Nc1c[nH]c2cc(F)c(F)cc12)c1nn(Cc2ccc(C(F)(F)F)cc2)c2ccccc12. The Bertz CT molecular complexity index is 1530. The maximum absolute atomic E-state index is 13.7. The largest absolute Gasteiger partial charge is 0.416 e. The van der Waals surface area contributed by atoms with Crippen LogP contribution in [0.2, 0.25) is 0 Å². The summed E-state index contributed by atoms with van der Waals surface area (Å²) in [4.78, 5) is 15.8. The van der Waals surface area contributed by atoms with Gasteiger partial charge in [0.25, 0.3) is 5.91 Å². The molecule has 10 heteroatoms. The van der Waals surface area contributed by atoms with Crippen molar-refractivity contribution in [2.24, 2.45) is 0 Å². The second-order valence-electron chi connectivity index (χ2n) is 7.69. The van der Waals surface area contributed by atoms with Crippen molar-refractivity contribution in [1.82, 2.24) is 14.8 Å². The number of H-pyrrole nitrogens is 1. The van der Waals surface area contributed by atoms with Gasteiger partial charge in [-0.3, -0.25) is 9.48 Å². The van der Waals surface area contributed by atoms with Gasteiger partial charge >= 0.3 is 6.18 Å². The van der Waals surface area contributed by atoms with Gasteiger partial charge < -0.3 is 10.3 Å². The van der Waals surface area contributed by atoms with Crippen molar-refractivity contribution in [2.75, 3.05) is 5.32 Å². The van der Waals surface area contributed by atoms with Crippen LogP contribution in [-0.2, 0) is 12.7 Å². The van der Waals surface area contributed by atoms with E-state index in [9.17, 15) is 26.7 Å². The Kier molecular flexibility index (Phi) is 5.07. The van der Waals surface area contributed by atoms with Gasteiger partial charge in [-0.15, -0.1) is 0 Å². The summed E-state index contributed by atoms with van der Waals surface area (Å²) < 4.78 is 67.2. The average molecular weight is 470 g/mol. The van der Waals surface area contributed by atoms with E-state index in [1.165, 1.54) is 23.0 Å². The number of hydrogen-bond donors (Lipinski definition) is 2. The number of amides is 1. The fourth-order valence-corrected chi connectivity index (χ4v) is 3.79. The maximum atomic E-state index is 13.7. The number of hydrogen-bond acceptors (Lipinski definition) is 2. The third-order valence-electron chi connectivity index (χ3n) is 5.46. The Morgan fingerprint density at radius 1 is 0.971 bits per heavy atom. The van der Waals surface area contributed by atoms with Crippen LogP contribution < -0.4 is 5.32 Å². The number of alkyl halides is 3. The van der Waals surface area contributed by atoms with E-state index in [4.69, 9.17) is 0 Å². The van der Waals surface area contributed by atoms with Gasteiger partial charge in [-0.05, 0) is 29.8 Å². The van der Waals surface area contributed by atoms with Gasteiger partial charge in [0.15, 0.2) is 17.3 Å². The number of aromatic amines is 1. The quantitative estimate of drug-likeness (QED) is 0.311. The highest BCUT2D eigenvalue weighted by atomic mass is 19.4. The first kappa shape index (κ1) is 21.6. The Labute approximate surface area is 188 Å². The molecule has 0 saturated carbocycles. The molecule has 5 nitrogen and oxygen atoms in total. The predicted molar refractivity (Wildman–Crippen MR) is 116 cm³/mol. The number of nitrogens with zero attached hydrogens (tertiary/aromatic N) is 2. The molecule has 0 spiro atoms. The van der Waals surface area contributed by atoms with Crippen LogP contribution >= 0.6 is 0 Å². The monoisotopic (exact) mass is 470 g/mol. The first-order chi connectivity index (χ1) is 16.2. The molecule has 5 rings (SSSR count). The summed E-state index contributed by atoms with van der Waals surface area (Å²) in [6.07, 6.45) is -3.01. The fourth-order valence-electron chi connectivity index (χ4n) is 3.79. The lowest BCUT2D eigenvalue weighted by Crippen LogP contribution is -2.13. The zero-order chi connectivity index (χ0) is 24.0. The van der Waals surface area contributed by atoms with E-state index in [0.717, 1.165) is 24.3 Å². The highest BCUT2D eigenvalue weighted by molar-refractivity contribution is 6.13. The van der Waals surface area contributed by atoms with Crippen molar-refractivity contribution in [3.8, 4) is 0 Å². The number of benzene rings is 3. The van der Waals surface area contributed by atoms with E-state index < -0.39 is 29.3 Å². The Morgan fingerprint density at radius 3 is 2.41 bits per heavy atom. The van der Waals surface area contributed by atoms with E-state index in [0.29, 0.717) is 27.4 Å². The predicted octanol–water partition coefficient (Wildman–Crippen LogP) is 6.12. The molecule has 172 valence electrons. The molecular formula is C24H15F5N4O. The second-order valence-corrected chi connectivity index (χ2v) is 7.69. The highest BCUT2D eigenvalue weighted by Crippen LogP contribution is 2.30. The van der Waals surface area contributed by atoms with Crippen molar-refractivity contribution in [1.29, 1.82) is 0 Å². The van der Waals surface area contributed by atoms with E-state index in [2.05, 4.69) is 15.4 Å². The number of fused-ring (bicyclic) bond motifs is 2. The molecule has 5 aromatic rings. The molecule has 0 saturated heterocycles. The molecule has 0 aliphatic heterocycles. The van der Waals surface area contributed by atoms with Crippen LogP contribution in [0.1, 0.15) is 21.6 Å². The van der Waals surface area contributed by atoms with Crippen molar-refractivity contribution in [3.63, 3.8) is 0 Å². The molecule has 0 fully saturated rings. The summed E-state index contributed by atoms with van der Waals surface area (Å²) in [6, 6.07) is 13.6. The zero-order valence-corrected chi connectivity index (χ0v) is 17.3. The minimum Gasteiger partial charge on any atom is -0.359 e. The van der Waals surface area contributed by atoms with Gasteiger partial charge in [0.05, 0.1) is 28.8 Å². The number of rotatable bonds is 4. The molecule has 0 atom stereocenters. The minimum absolute atomic E-state index is 0.0828. The summed E-state index contributed by atoms with van der Waals surface area (Å²) in [5.41, 5.74) is 1.07. The van der Waals surface area contributed by atoms with Crippen molar-refractivity contribution in [3.05, 3.63) is 95.3 Å².